The number of nitrogens with zero attached hydrogens (tertiary/aromatic N) is 3. The summed E-state index contributed by atoms with van der Waals surface area (Å²) < 4.78 is 31.0. The van der Waals surface area contributed by atoms with E-state index >= 15 is 0 Å². The summed E-state index contributed by atoms with van der Waals surface area (Å²) in [6, 6.07) is 6.72. The SMILES string of the molecule is CC(C)[C@H]1C(=O)N(S(C)(=O)=O)[C@H]2CCN(C(=O)c3ccc(CN4CCOCC4)cc3)[C@H]12. The van der Waals surface area contributed by atoms with Gasteiger partial charge in [-0.15, -0.1) is 0 Å². The molecule has 1 aromatic carbocycles. The highest BCUT2D eigenvalue weighted by Gasteiger charge is 2.58. The van der Waals surface area contributed by atoms with Gasteiger partial charge in [-0.1, -0.05) is 26.0 Å². The molecule has 3 atom stereocenters. The van der Waals surface area contributed by atoms with Crippen LogP contribution in [-0.2, 0) is 26.1 Å². The molecule has 2 amide bonds. The normalized spacial score (nSPS) is 27.2. The van der Waals surface area contributed by atoms with E-state index in [4.69, 9.17) is 4.74 Å². The highest BCUT2D eigenvalue weighted by molar-refractivity contribution is 7.88. The maximum Gasteiger partial charge on any atom is 0.254 e. The smallest absolute Gasteiger partial charge is 0.254 e. The molecule has 0 spiro atoms. The summed E-state index contributed by atoms with van der Waals surface area (Å²) in [5.74, 6) is -1.09. The van der Waals surface area contributed by atoms with Gasteiger partial charge in [0.25, 0.3) is 5.91 Å². The van der Waals surface area contributed by atoms with E-state index < -0.39 is 28.0 Å². The van der Waals surface area contributed by atoms with Crippen LogP contribution in [0.4, 0.5) is 0 Å². The highest BCUT2D eigenvalue weighted by Crippen LogP contribution is 2.41. The molecule has 3 aliphatic rings. The van der Waals surface area contributed by atoms with Crippen molar-refractivity contribution in [2.45, 2.75) is 38.9 Å². The van der Waals surface area contributed by atoms with Crippen molar-refractivity contribution >= 4 is 21.8 Å². The van der Waals surface area contributed by atoms with E-state index in [1.54, 1.807) is 4.90 Å². The average molecular weight is 450 g/mol. The predicted molar refractivity (Wildman–Crippen MR) is 116 cm³/mol. The topological polar surface area (TPSA) is 87.2 Å². The quantitative estimate of drug-likeness (QED) is 0.671. The van der Waals surface area contributed by atoms with Crippen LogP contribution in [0.5, 0.6) is 0 Å². The monoisotopic (exact) mass is 449 g/mol. The Labute approximate surface area is 184 Å². The molecule has 1 aromatic rings. The Kier molecular flexibility index (Phi) is 6.11. The third-order valence-corrected chi connectivity index (χ3v) is 7.80. The second-order valence-electron chi connectivity index (χ2n) is 9.10. The number of morpholine rings is 1. The molecule has 0 bridgehead atoms. The summed E-state index contributed by atoms with van der Waals surface area (Å²) >= 11 is 0. The number of amides is 2. The van der Waals surface area contributed by atoms with Crippen LogP contribution in [0.15, 0.2) is 24.3 Å². The minimum Gasteiger partial charge on any atom is -0.379 e. The molecule has 0 saturated carbocycles. The van der Waals surface area contributed by atoms with Crippen LogP contribution < -0.4 is 0 Å². The zero-order valence-corrected chi connectivity index (χ0v) is 19.2. The van der Waals surface area contributed by atoms with Gasteiger partial charge in [0.1, 0.15) is 0 Å². The number of carbonyl (C=O) groups is 2. The van der Waals surface area contributed by atoms with Crippen molar-refractivity contribution in [1.29, 1.82) is 0 Å². The van der Waals surface area contributed by atoms with E-state index in [9.17, 15) is 18.0 Å². The summed E-state index contributed by atoms with van der Waals surface area (Å²) in [5, 5.41) is 0. The standard InChI is InChI=1S/C22H31N3O5S/c1-15(2)19-20-18(25(22(19)27)31(3,28)29)8-9-24(20)21(26)17-6-4-16(5-7-17)14-23-10-12-30-13-11-23/h4-7,15,18-20H,8-14H2,1-3H3/t18-,19+,20-/m0/s1. The van der Waals surface area contributed by atoms with Crippen LogP contribution in [0.3, 0.4) is 0 Å². The Morgan fingerprint density at radius 3 is 2.35 bits per heavy atom. The lowest BCUT2D eigenvalue weighted by Crippen LogP contribution is -2.44. The number of carbonyl (C=O) groups excluding carboxylic acids is 2. The number of rotatable bonds is 5. The van der Waals surface area contributed by atoms with Crippen molar-refractivity contribution in [2.24, 2.45) is 11.8 Å². The number of ether oxygens (including phenoxy) is 1. The second-order valence-corrected chi connectivity index (χ2v) is 11.0. The van der Waals surface area contributed by atoms with Crippen molar-refractivity contribution in [3.63, 3.8) is 0 Å². The van der Waals surface area contributed by atoms with Crippen molar-refractivity contribution in [3.05, 3.63) is 35.4 Å². The molecule has 0 N–H and O–H groups in total. The van der Waals surface area contributed by atoms with Gasteiger partial charge in [0.2, 0.25) is 15.9 Å². The average Bonchev–Trinajstić information content (AvgIpc) is 3.24. The van der Waals surface area contributed by atoms with Crippen molar-refractivity contribution < 1.29 is 22.7 Å². The Hall–Kier alpha value is -1.97. The first kappa shape index (κ1) is 22.2. The number of hydrogen-bond donors (Lipinski definition) is 0. The van der Waals surface area contributed by atoms with Gasteiger partial charge in [-0.05, 0) is 30.0 Å². The zero-order valence-electron chi connectivity index (χ0n) is 18.4. The summed E-state index contributed by atoms with van der Waals surface area (Å²) in [6.07, 6.45) is 1.55. The fraction of sp³-hybridized carbons (Fsp3) is 0.636. The van der Waals surface area contributed by atoms with Crippen LogP contribution in [0.25, 0.3) is 0 Å². The first-order valence-corrected chi connectivity index (χ1v) is 12.8. The molecule has 3 heterocycles. The largest absolute Gasteiger partial charge is 0.379 e. The summed E-state index contributed by atoms with van der Waals surface area (Å²) in [4.78, 5) is 30.3. The molecular weight excluding hydrogens is 418 g/mol. The van der Waals surface area contributed by atoms with Crippen LogP contribution in [0, 0.1) is 11.8 Å². The number of fused-ring (bicyclic) bond motifs is 1. The van der Waals surface area contributed by atoms with Crippen LogP contribution in [-0.4, -0.2) is 85.5 Å². The van der Waals surface area contributed by atoms with E-state index in [-0.39, 0.29) is 17.7 Å². The lowest BCUT2D eigenvalue weighted by Gasteiger charge is -2.29. The third-order valence-electron chi connectivity index (χ3n) is 6.64. The van der Waals surface area contributed by atoms with Crippen molar-refractivity contribution in [3.8, 4) is 0 Å². The fourth-order valence-corrected chi connectivity index (χ4v) is 6.38. The van der Waals surface area contributed by atoms with E-state index in [0.717, 1.165) is 49.0 Å². The third kappa shape index (κ3) is 4.23. The van der Waals surface area contributed by atoms with E-state index in [0.29, 0.717) is 18.5 Å². The van der Waals surface area contributed by atoms with Gasteiger partial charge >= 0.3 is 0 Å². The Morgan fingerprint density at radius 2 is 1.77 bits per heavy atom. The predicted octanol–water partition coefficient (Wildman–Crippen LogP) is 1.18. The van der Waals surface area contributed by atoms with Gasteiger partial charge in [0.15, 0.2) is 0 Å². The maximum atomic E-state index is 13.3. The van der Waals surface area contributed by atoms with E-state index in [1.807, 2.05) is 38.1 Å². The Balaban J connectivity index is 1.53. The maximum absolute atomic E-state index is 13.3. The number of hydrogen-bond acceptors (Lipinski definition) is 6. The van der Waals surface area contributed by atoms with Gasteiger partial charge in [-0.25, -0.2) is 12.7 Å². The lowest BCUT2D eigenvalue weighted by molar-refractivity contribution is -0.129. The van der Waals surface area contributed by atoms with Crippen molar-refractivity contribution in [2.75, 3.05) is 39.1 Å². The molecule has 31 heavy (non-hydrogen) atoms. The second kappa shape index (κ2) is 8.52. The number of sulfonamides is 1. The van der Waals surface area contributed by atoms with Crippen molar-refractivity contribution in [1.82, 2.24) is 14.1 Å². The highest BCUT2D eigenvalue weighted by atomic mass is 32.2. The van der Waals surface area contributed by atoms with Gasteiger partial charge < -0.3 is 9.64 Å². The minimum atomic E-state index is -3.67. The molecular formula is C22H31N3O5S. The molecule has 0 radical (unpaired) electrons. The van der Waals surface area contributed by atoms with E-state index in [1.165, 1.54) is 0 Å². The minimum absolute atomic E-state index is 0.0592. The lowest BCUT2D eigenvalue weighted by atomic mass is 9.88. The molecule has 0 aliphatic carbocycles. The molecule has 4 rings (SSSR count). The van der Waals surface area contributed by atoms with Crippen LogP contribution >= 0.6 is 0 Å². The van der Waals surface area contributed by atoms with Gasteiger partial charge in [-0.2, -0.15) is 0 Å². The van der Waals surface area contributed by atoms with Gasteiger partial charge in [-0.3, -0.25) is 14.5 Å². The molecule has 9 heteroatoms. The van der Waals surface area contributed by atoms with E-state index in [2.05, 4.69) is 4.90 Å². The molecule has 3 aliphatic heterocycles. The Bertz CT molecular complexity index is 940. The molecule has 0 unspecified atom stereocenters. The number of likely N-dealkylation sites (tertiary alicyclic amines) is 1. The molecule has 170 valence electrons. The summed E-state index contributed by atoms with van der Waals surface area (Å²) in [5.41, 5.74) is 1.70. The molecule has 3 fully saturated rings. The van der Waals surface area contributed by atoms with Gasteiger partial charge in [0.05, 0.1) is 37.5 Å². The summed E-state index contributed by atoms with van der Waals surface area (Å²) in [7, 11) is -3.67. The zero-order chi connectivity index (χ0) is 22.3. The molecule has 3 saturated heterocycles. The van der Waals surface area contributed by atoms with Crippen LogP contribution in [0.2, 0.25) is 0 Å². The number of benzene rings is 1. The van der Waals surface area contributed by atoms with Gasteiger partial charge in [0, 0.05) is 31.7 Å². The molecule has 0 aromatic heterocycles. The Morgan fingerprint density at radius 1 is 1.13 bits per heavy atom. The summed E-state index contributed by atoms with van der Waals surface area (Å²) in [6.45, 7) is 8.38. The molecule has 8 nitrogen and oxygen atoms in total. The fourth-order valence-electron chi connectivity index (χ4n) is 5.21. The first-order chi connectivity index (χ1) is 14.7. The van der Waals surface area contributed by atoms with Crippen LogP contribution in [0.1, 0.15) is 36.2 Å². The first-order valence-electron chi connectivity index (χ1n) is 10.9.